The molecule has 3 rings (SSSR count). The molecule has 1 aromatic heterocycles. The van der Waals surface area contributed by atoms with Crippen LogP contribution in [-0.4, -0.2) is 36.0 Å². The van der Waals surface area contributed by atoms with E-state index in [2.05, 4.69) is 60.0 Å². The monoisotopic (exact) mass is 364 g/mol. The van der Waals surface area contributed by atoms with Crippen molar-refractivity contribution < 1.29 is 9.47 Å². The molecule has 0 amide bonds. The van der Waals surface area contributed by atoms with Crippen molar-refractivity contribution in [3.05, 3.63) is 67.0 Å². The molecule has 0 N–H and O–H groups in total. The third-order valence-corrected chi connectivity index (χ3v) is 4.34. The van der Waals surface area contributed by atoms with Crippen LogP contribution in [0.2, 0.25) is 0 Å². The molecule has 0 aliphatic carbocycles. The molecule has 2 aromatic carbocycles. The standard InChI is InChI=1S/C23H28N2O2/c1-2-15-26-17-18-27-16-9-14-25-19-24-22(20-10-5-3-6-11-20)23(25)21-12-7-4-8-13-21/h3-8,10-13,19H,2,9,14-18H2,1H3. The zero-order chi connectivity index (χ0) is 18.7. The first-order valence-corrected chi connectivity index (χ1v) is 9.71. The molecule has 0 atom stereocenters. The Hall–Kier alpha value is -2.43. The molecule has 3 aromatic rings. The van der Waals surface area contributed by atoms with Crippen LogP contribution in [0.1, 0.15) is 19.8 Å². The molecule has 4 heteroatoms. The van der Waals surface area contributed by atoms with Crippen LogP contribution >= 0.6 is 0 Å². The second-order valence-electron chi connectivity index (χ2n) is 6.45. The number of hydrogen-bond acceptors (Lipinski definition) is 3. The predicted molar refractivity (Wildman–Crippen MR) is 110 cm³/mol. The summed E-state index contributed by atoms with van der Waals surface area (Å²) in [6, 6.07) is 20.8. The van der Waals surface area contributed by atoms with E-state index >= 15 is 0 Å². The molecule has 0 spiro atoms. The van der Waals surface area contributed by atoms with Crippen molar-refractivity contribution in [2.45, 2.75) is 26.3 Å². The van der Waals surface area contributed by atoms with Gasteiger partial charge < -0.3 is 14.0 Å². The van der Waals surface area contributed by atoms with E-state index in [1.165, 1.54) is 5.56 Å². The highest BCUT2D eigenvalue weighted by Crippen LogP contribution is 2.31. The molecule has 1 heterocycles. The van der Waals surface area contributed by atoms with Gasteiger partial charge in [0.15, 0.2) is 0 Å². The van der Waals surface area contributed by atoms with Gasteiger partial charge in [0, 0.05) is 30.9 Å². The van der Waals surface area contributed by atoms with Gasteiger partial charge in [0.2, 0.25) is 0 Å². The number of ether oxygens (including phenoxy) is 2. The van der Waals surface area contributed by atoms with Crippen LogP contribution in [0.25, 0.3) is 22.5 Å². The van der Waals surface area contributed by atoms with Gasteiger partial charge >= 0.3 is 0 Å². The quantitative estimate of drug-likeness (QED) is 0.447. The van der Waals surface area contributed by atoms with E-state index in [0.29, 0.717) is 13.2 Å². The highest BCUT2D eigenvalue weighted by atomic mass is 16.5. The minimum absolute atomic E-state index is 0.657. The van der Waals surface area contributed by atoms with E-state index in [-0.39, 0.29) is 0 Å². The molecular formula is C23H28N2O2. The number of aromatic nitrogens is 2. The smallest absolute Gasteiger partial charge is 0.0963 e. The number of aryl methyl sites for hydroxylation is 1. The SMILES string of the molecule is CCCOCCOCCCn1cnc(-c2ccccc2)c1-c1ccccc1. The number of rotatable bonds is 11. The Labute approximate surface area is 161 Å². The average Bonchev–Trinajstić information content (AvgIpc) is 3.15. The maximum atomic E-state index is 5.68. The average molecular weight is 364 g/mol. The third-order valence-electron chi connectivity index (χ3n) is 4.34. The molecule has 27 heavy (non-hydrogen) atoms. The lowest BCUT2D eigenvalue weighted by Gasteiger charge is -2.11. The number of imidazole rings is 1. The second-order valence-corrected chi connectivity index (χ2v) is 6.45. The lowest BCUT2D eigenvalue weighted by Crippen LogP contribution is -2.08. The summed E-state index contributed by atoms with van der Waals surface area (Å²) in [5.41, 5.74) is 4.51. The molecule has 0 unspecified atom stereocenters. The second kappa shape index (κ2) is 10.7. The fourth-order valence-corrected chi connectivity index (χ4v) is 3.06. The third kappa shape index (κ3) is 5.52. The largest absolute Gasteiger partial charge is 0.379 e. The van der Waals surface area contributed by atoms with Crippen LogP contribution in [0.5, 0.6) is 0 Å². The van der Waals surface area contributed by atoms with Crippen LogP contribution in [0.15, 0.2) is 67.0 Å². The van der Waals surface area contributed by atoms with Gasteiger partial charge in [-0.1, -0.05) is 67.6 Å². The van der Waals surface area contributed by atoms with Crippen molar-refractivity contribution in [3.8, 4) is 22.5 Å². The van der Waals surface area contributed by atoms with Gasteiger partial charge in [-0.2, -0.15) is 0 Å². The van der Waals surface area contributed by atoms with Gasteiger partial charge in [-0.3, -0.25) is 0 Å². The predicted octanol–water partition coefficient (Wildman–Crippen LogP) is 5.05. The highest BCUT2D eigenvalue weighted by Gasteiger charge is 2.14. The van der Waals surface area contributed by atoms with E-state index in [0.717, 1.165) is 49.6 Å². The van der Waals surface area contributed by atoms with Crippen molar-refractivity contribution in [3.63, 3.8) is 0 Å². The summed E-state index contributed by atoms with van der Waals surface area (Å²) in [5, 5.41) is 0. The Morgan fingerprint density at radius 3 is 2.07 bits per heavy atom. The zero-order valence-electron chi connectivity index (χ0n) is 16.0. The Morgan fingerprint density at radius 1 is 0.778 bits per heavy atom. The van der Waals surface area contributed by atoms with Gasteiger partial charge in [0.25, 0.3) is 0 Å². The van der Waals surface area contributed by atoms with E-state index in [1.807, 2.05) is 18.5 Å². The summed E-state index contributed by atoms with van der Waals surface area (Å²) >= 11 is 0. The topological polar surface area (TPSA) is 36.3 Å². The minimum atomic E-state index is 0.657. The minimum Gasteiger partial charge on any atom is -0.379 e. The van der Waals surface area contributed by atoms with Crippen molar-refractivity contribution in [1.82, 2.24) is 9.55 Å². The van der Waals surface area contributed by atoms with Gasteiger partial charge in [0.05, 0.1) is 30.9 Å². The summed E-state index contributed by atoms with van der Waals surface area (Å²) in [5.74, 6) is 0. The van der Waals surface area contributed by atoms with Crippen molar-refractivity contribution in [2.75, 3.05) is 26.4 Å². The van der Waals surface area contributed by atoms with Crippen LogP contribution < -0.4 is 0 Å². The van der Waals surface area contributed by atoms with Gasteiger partial charge in [-0.25, -0.2) is 4.98 Å². The van der Waals surface area contributed by atoms with E-state index < -0.39 is 0 Å². The first-order chi connectivity index (χ1) is 13.4. The van der Waals surface area contributed by atoms with Crippen molar-refractivity contribution >= 4 is 0 Å². The molecule has 0 aliphatic rings. The Bertz CT molecular complexity index is 785. The van der Waals surface area contributed by atoms with Crippen LogP contribution in [-0.2, 0) is 16.0 Å². The van der Waals surface area contributed by atoms with Crippen molar-refractivity contribution in [1.29, 1.82) is 0 Å². The summed E-state index contributed by atoms with van der Waals surface area (Å²) < 4.78 is 13.3. The lowest BCUT2D eigenvalue weighted by molar-refractivity contribution is 0.0462. The fraction of sp³-hybridized carbons (Fsp3) is 0.348. The first-order valence-electron chi connectivity index (χ1n) is 9.71. The lowest BCUT2D eigenvalue weighted by atomic mass is 10.0. The number of nitrogens with zero attached hydrogens (tertiary/aromatic N) is 2. The Kier molecular flexibility index (Phi) is 7.63. The maximum absolute atomic E-state index is 5.68. The first kappa shape index (κ1) is 19.3. The molecule has 0 saturated heterocycles. The summed E-state index contributed by atoms with van der Waals surface area (Å²) in [7, 11) is 0. The van der Waals surface area contributed by atoms with E-state index in [9.17, 15) is 0 Å². The Balaban J connectivity index is 1.66. The van der Waals surface area contributed by atoms with Gasteiger partial charge in [-0.15, -0.1) is 0 Å². The molecule has 4 nitrogen and oxygen atoms in total. The summed E-state index contributed by atoms with van der Waals surface area (Å²) in [4.78, 5) is 4.71. The molecule has 0 saturated carbocycles. The molecule has 0 fully saturated rings. The van der Waals surface area contributed by atoms with Crippen LogP contribution in [0.4, 0.5) is 0 Å². The zero-order valence-corrected chi connectivity index (χ0v) is 16.0. The molecular weight excluding hydrogens is 336 g/mol. The molecule has 142 valence electrons. The van der Waals surface area contributed by atoms with Gasteiger partial charge in [0.1, 0.15) is 0 Å². The number of benzene rings is 2. The molecule has 0 bridgehead atoms. The highest BCUT2D eigenvalue weighted by molar-refractivity contribution is 5.78. The van der Waals surface area contributed by atoms with Gasteiger partial charge in [-0.05, 0) is 12.8 Å². The fourth-order valence-electron chi connectivity index (χ4n) is 3.06. The maximum Gasteiger partial charge on any atom is 0.0963 e. The van der Waals surface area contributed by atoms with Crippen LogP contribution in [0, 0.1) is 0 Å². The summed E-state index contributed by atoms with van der Waals surface area (Å²) in [6.45, 7) is 5.85. The van der Waals surface area contributed by atoms with E-state index in [4.69, 9.17) is 14.5 Å². The molecule has 0 radical (unpaired) electrons. The number of hydrogen-bond donors (Lipinski definition) is 0. The summed E-state index contributed by atoms with van der Waals surface area (Å²) in [6.07, 6.45) is 3.93. The van der Waals surface area contributed by atoms with Crippen molar-refractivity contribution in [2.24, 2.45) is 0 Å². The Morgan fingerprint density at radius 2 is 1.41 bits per heavy atom. The normalized spacial score (nSPS) is 11.0. The van der Waals surface area contributed by atoms with Crippen LogP contribution in [0.3, 0.4) is 0 Å². The molecule has 0 aliphatic heterocycles. The van der Waals surface area contributed by atoms with E-state index in [1.54, 1.807) is 0 Å².